The molecule has 1 aromatic rings. The zero-order valence-corrected chi connectivity index (χ0v) is 13.8. The Morgan fingerprint density at radius 1 is 1.52 bits per heavy atom. The molecular weight excluding hydrogens is 318 g/mol. The summed E-state index contributed by atoms with van der Waals surface area (Å²) in [6.45, 7) is 3.00. The first kappa shape index (κ1) is 17.8. The predicted octanol–water partition coefficient (Wildman–Crippen LogP) is 1.75. The Balaban J connectivity index is 3.02. The van der Waals surface area contributed by atoms with Crippen LogP contribution in [0, 0.1) is 10.1 Å². The number of nitrogens with zero attached hydrogens (tertiary/aromatic N) is 2. The Labute approximate surface area is 127 Å². The summed E-state index contributed by atoms with van der Waals surface area (Å²) in [6.07, 6.45) is 0.555. The number of sulfonamides is 1. The van der Waals surface area contributed by atoms with Crippen molar-refractivity contribution in [3.05, 3.63) is 16.2 Å². The highest BCUT2D eigenvalue weighted by Crippen LogP contribution is 2.37. The molecule has 8 nitrogen and oxygen atoms in total. The molecule has 0 unspecified atom stereocenters. The monoisotopic (exact) mass is 337 g/mol. The van der Waals surface area contributed by atoms with E-state index in [-0.39, 0.29) is 14.9 Å². The number of hydrogen-bond donors (Lipinski definition) is 1. The maximum absolute atomic E-state index is 12.4. The zero-order valence-electron chi connectivity index (χ0n) is 12.2. The molecule has 0 aromatic carbocycles. The van der Waals surface area contributed by atoms with Gasteiger partial charge in [0.25, 0.3) is 10.0 Å². The smallest absolute Gasteiger partial charge is 0.304 e. The first-order valence-electron chi connectivity index (χ1n) is 6.32. The molecule has 0 bridgehead atoms. The van der Waals surface area contributed by atoms with E-state index < -0.39 is 14.9 Å². The molecule has 10 heteroatoms. The van der Waals surface area contributed by atoms with Crippen molar-refractivity contribution in [2.24, 2.45) is 0 Å². The molecule has 0 aliphatic carbocycles. The number of anilines is 1. The molecule has 0 atom stereocenters. The molecule has 0 saturated heterocycles. The Bertz CT molecular complexity index is 585. The fourth-order valence-corrected chi connectivity index (χ4v) is 4.43. The minimum Gasteiger partial charge on any atom is -0.385 e. The lowest BCUT2D eigenvalue weighted by Crippen LogP contribution is -2.28. The van der Waals surface area contributed by atoms with Crippen LogP contribution in [-0.2, 0) is 14.8 Å². The lowest BCUT2D eigenvalue weighted by Gasteiger charge is -2.15. The molecule has 0 saturated carbocycles. The average molecular weight is 337 g/mol. The number of rotatable bonds is 9. The lowest BCUT2D eigenvalue weighted by molar-refractivity contribution is -0.383. The van der Waals surface area contributed by atoms with Crippen LogP contribution in [0.4, 0.5) is 10.7 Å². The van der Waals surface area contributed by atoms with E-state index >= 15 is 0 Å². The summed E-state index contributed by atoms with van der Waals surface area (Å²) < 4.78 is 30.7. The molecule has 1 N–H and O–H groups in total. The number of hydrogen-bond acceptors (Lipinski definition) is 7. The normalized spacial score (nSPS) is 11.8. The largest absolute Gasteiger partial charge is 0.385 e. The Kier molecular flexibility index (Phi) is 6.52. The van der Waals surface area contributed by atoms with Crippen LogP contribution in [0.3, 0.4) is 0 Å². The van der Waals surface area contributed by atoms with Crippen molar-refractivity contribution < 1.29 is 18.1 Å². The quantitative estimate of drug-likeness (QED) is 0.418. The van der Waals surface area contributed by atoms with Gasteiger partial charge in [0.05, 0.1) is 4.92 Å². The third-order valence-corrected chi connectivity index (χ3v) is 6.10. The van der Waals surface area contributed by atoms with Crippen molar-refractivity contribution >= 4 is 32.0 Å². The molecule has 0 amide bonds. The summed E-state index contributed by atoms with van der Waals surface area (Å²) in [5.41, 5.74) is -0.217. The number of nitrogens with one attached hydrogen (secondary N) is 1. The van der Waals surface area contributed by atoms with Crippen LogP contribution in [0.1, 0.15) is 13.3 Å². The van der Waals surface area contributed by atoms with Gasteiger partial charge in [-0.2, -0.15) is 0 Å². The van der Waals surface area contributed by atoms with Crippen LogP contribution in [-0.4, -0.2) is 51.5 Å². The van der Waals surface area contributed by atoms with E-state index in [0.717, 1.165) is 17.4 Å². The van der Waals surface area contributed by atoms with Gasteiger partial charge in [-0.1, -0.05) is 11.3 Å². The lowest BCUT2D eigenvalue weighted by atomic mass is 10.5. The highest BCUT2D eigenvalue weighted by molar-refractivity contribution is 7.91. The van der Waals surface area contributed by atoms with Crippen LogP contribution in [0.2, 0.25) is 0 Å². The van der Waals surface area contributed by atoms with Gasteiger partial charge in [0.1, 0.15) is 4.21 Å². The van der Waals surface area contributed by atoms with Crippen LogP contribution in [0.15, 0.2) is 10.3 Å². The van der Waals surface area contributed by atoms with E-state index in [1.807, 2.05) is 0 Å². The molecule has 120 valence electrons. The van der Waals surface area contributed by atoms with Gasteiger partial charge in [0.2, 0.25) is 0 Å². The minimum absolute atomic E-state index is 0.0370. The number of ether oxygens (including phenoxy) is 1. The van der Waals surface area contributed by atoms with E-state index in [9.17, 15) is 18.5 Å². The Hall–Kier alpha value is -1.23. The van der Waals surface area contributed by atoms with E-state index in [1.54, 1.807) is 14.0 Å². The standard InChI is InChI=1S/C11H19N3O5S2/c1-4-12-11-9(14(15)16)8-10(20-11)21(17,18)13(2)6-5-7-19-3/h8,12H,4-7H2,1-3H3. The molecule has 0 aliphatic heterocycles. The Morgan fingerprint density at radius 2 is 2.19 bits per heavy atom. The van der Waals surface area contributed by atoms with E-state index in [4.69, 9.17) is 4.74 Å². The maximum Gasteiger partial charge on any atom is 0.304 e. The van der Waals surface area contributed by atoms with Crippen molar-refractivity contribution in [2.45, 2.75) is 17.6 Å². The van der Waals surface area contributed by atoms with Gasteiger partial charge in [-0.05, 0) is 13.3 Å². The maximum atomic E-state index is 12.4. The summed E-state index contributed by atoms with van der Waals surface area (Å²) in [6, 6.07) is 1.10. The van der Waals surface area contributed by atoms with Crippen LogP contribution >= 0.6 is 11.3 Å². The van der Waals surface area contributed by atoms with E-state index in [1.165, 1.54) is 11.4 Å². The molecule has 1 aromatic heterocycles. The van der Waals surface area contributed by atoms with Gasteiger partial charge in [0, 0.05) is 39.9 Å². The fourth-order valence-electron chi connectivity index (χ4n) is 1.61. The molecule has 0 fully saturated rings. The second-order valence-corrected chi connectivity index (χ2v) is 7.56. The number of thiophene rings is 1. The third-order valence-electron chi connectivity index (χ3n) is 2.71. The predicted molar refractivity (Wildman–Crippen MR) is 81.4 cm³/mol. The molecule has 0 spiro atoms. The van der Waals surface area contributed by atoms with Crippen LogP contribution in [0.5, 0.6) is 0 Å². The summed E-state index contributed by atoms with van der Waals surface area (Å²) in [7, 11) is -0.732. The van der Waals surface area contributed by atoms with Crippen molar-refractivity contribution in [2.75, 3.05) is 39.2 Å². The third kappa shape index (κ3) is 4.37. The summed E-state index contributed by atoms with van der Waals surface area (Å²) in [5, 5.41) is 14.0. The molecule has 21 heavy (non-hydrogen) atoms. The molecule has 0 radical (unpaired) electrons. The highest BCUT2D eigenvalue weighted by atomic mass is 32.2. The second kappa shape index (κ2) is 7.69. The fraction of sp³-hybridized carbons (Fsp3) is 0.636. The zero-order chi connectivity index (χ0) is 16.0. The Morgan fingerprint density at radius 3 is 2.71 bits per heavy atom. The molecule has 1 heterocycles. The SMILES string of the molecule is CCNc1sc(S(=O)(=O)N(C)CCCOC)cc1[N+](=O)[O-]. The van der Waals surface area contributed by atoms with Crippen LogP contribution < -0.4 is 5.32 Å². The first-order chi connectivity index (χ1) is 9.84. The van der Waals surface area contributed by atoms with Gasteiger partial charge in [-0.15, -0.1) is 0 Å². The van der Waals surface area contributed by atoms with Crippen molar-refractivity contribution in [3.63, 3.8) is 0 Å². The summed E-state index contributed by atoms with van der Waals surface area (Å²) in [5.74, 6) is 0. The topological polar surface area (TPSA) is 102 Å². The van der Waals surface area contributed by atoms with Gasteiger partial charge in [0.15, 0.2) is 5.00 Å². The van der Waals surface area contributed by atoms with E-state index in [0.29, 0.717) is 26.1 Å². The molecule has 0 aliphatic rings. The first-order valence-corrected chi connectivity index (χ1v) is 8.57. The van der Waals surface area contributed by atoms with Gasteiger partial charge in [-0.3, -0.25) is 10.1 Å². The van der Waals surface area contributed by atoms with Crippen LogP contribution in [0.25, 0.3) is 0 Å². The van der Waals surface area contributed by atoms with Crippen molar-refractivity contribution in [3.8, 4) is 0 Å². The highest BCUT2D eigenvalue weighted by Gasteiger charge is 2.28. The minimum atomic E-state index is -3.72. The van der Waals surface area contributed by atoms with Crippen molar-refractivity contribution in [1.82, 2.24) is 4.31 Å². The average Bonchev–Trinajstić information content (AvgIpc) is 2.84. The van der Waals surface area contributed by atoms with Crippen molar-refractivity contribution in [1.29, 1.82) is 0 Å². The summed E-state index contributed by atoms with van der Waals surface area (Å²) in [4.78, 5) is 10.4. The molecular formula is C11H19N3O5S2. The van der Waals surface area contributed by atoms with E-state index in [2.05, 4.69) is 5.32 Å². The second-order valence-electron chi connectivity index (χ2n) is 4.24. The summed E-state index contributed by atoms with van der Waals surface area (Å²) >= 11 is 0.873. The molecule has 1 rings (SSSR count). The number of methoxy groups -OCH3 is 1. The van der Waals surface area contributed by atoms with Gasteiger partial charge < -0.3 is 10.1 Å². The van der Waals surface area contributed by atoms with Gasteiger partial charge in [-0.25, -0.2) is 12.7 Å². The number of nitro groups is 1. The van der Waals surface area contributed by atoms with Gasteiger partial charge >= 0.3 is 5.69 Å².